The molecular formula is C16H19N3OS. The van der Waals surface area contributed by atoms with E-state index in [1.807, 2.05) is 31.4 Å². The molecule has 0 aliphatic rings. The van der Waals surface area contributed by atoms with Gasteiger partial charge in [0.05, 0.1) is 12.1 Å². The van der Waals surface area contributed by atoms with E-state index in [1.54, 1.807) is 17.3 Å². The second-order valence-electron chi connectivity index (χ2n) is 4.93. The number of hydrogen-bond donors (Lipinski definition) is 0. The smallest absolute Gasteiger partial charge is 0.228 e. The minimum absolute atomic E-state index is 0.0866. The monoisotopic (exact) mass is 301 g/mol. The summed E-state index contributed by atoms with van der Waals surface area (Å²) in [6, 6.07) is 3.85. The molecule has 5 heteroatoms. The van der Waals surface area contributed by atoms with Crippen LogP contribution in [0.15, 0.2) is 42.1 Å². The van der Waals surface area contributed by atoms with Crippen LogP contribution in [0, 0.1) is 0 Å². The number of carbonyl (C=O) groups excluding carboxylic acids is 1. The van der Waals surface area contributed by atoms with Crippen molar-refractivity contribution in [3.63, 3.8) is 0 Å². The fraction of sp³-hybridized carbons (Fsp3) is 0.312. The van der Waals surface area contributed by atoms with Crippen molar-refractivity contribution in [1.82, 2.24) is 14.9 Å². The van der Waals surface area contributed by atoms with E-state index >= 15 is 0 Å². The van der Waals surface area contributed by atoms with Crippen LogP contribution in [0.4, 0.5) is 0 Å². The SMILES string of the molecule is C=C(C)CN(CC)C(=O)Cc1csc(-c2cccnc2)n1. The summed E-state index contributed by atoms with van der Waals surface area (Å²) in [5.41, 5.74) is 2.78. The van der Waals surface area contributed by atoms with Crippen LogP contribution < -0.4 is 0 Å². The summed E-state index contributed by atoms with van der Waals surface area (Å²) in [7, 11) is 0. The topological polar surface area (TPSA) is 46.1 Å². The van der Waals surface area contributed by atoms with Crippen molar-refractivity contribution in [3.8, 4) is 10.6 Å². The van der Waals surface area contributed by atoms with E-state index in [1.165, 1.54) is 11.3 Å². The number of likely N-dealkylation sites (N-methyl/N-ethyl adjacent to an activating group) is 1. The summed E-state index contributed by atoms with van der Waals surface area (Å²) < 4.78 is 0. The quantitative estimate of drug-likeness (QED) is 0.770. The molecule has 0 fully saturated rings. The molecule has 0 aliphatic carbocycles. The molecule has 0 unspecified atom stereocenters. The summed E-state index contributed by atoms with van der Waals surface area (Å²) in [4.78, 5) is 22.7. The summed E-state index contributed by atoms with van der Waals surface area (Å²) >= 11 is 1.54. The third-order valence-electron chi connectivity index (χ3n) is 2.99. The van der Waals surface area contributed by atoms with Crippen molar-refractivity contribution >= 4 is 17.2 Å². The molecule has 110 valence electrons. The summed E-state index contributed by atoms with van der Waals surface area (Å²) in [5.74, 6) is 0.0866. The zero-order valence-corrected chi connectivity index (χ0v) is 13.2. The largest absolute Gasteiger partial charge is 0.339 e. The average molecular weight is 301 g/mol. The second-order valence-corrected chi connectivity index (χ2v) is 5.79. The van der Waals surface area contributed by atoms with Crippen molar-refractivity contribution in [2.75, 3.05) is 13.1 Å². The van der Waals surface area contributed by atoms with Gasteiger partial charge in [0.2, 0.25) is 5.91 Å². The highest BCUT2D eigenvalue weighted by Gasteiger charge is 2.14. The Kier molecular flexibility index (Phi) is 5.22. The Morgan fingerprint density at radius 2 is 2.29 bits per heavy atom. The lowest BCUT2D eigenvalue weighted by molar-refractivity contribution is -0.129. The molecule has 0 saturated heterocycles. The lowest BCUT2D eigenvalue weighted by Crippen LogP contribution is -2.33. The van der Waals surface area contributed by atoms with Crippen LogP contribution in [0.3, 0.4) is 0 Å². The summed E-state index contributed by atoms with van der Waals surface area (Å²) in [6.45, 7) is 9.06. The fourth-order valence-electron chi connectivity index (χ4n) is 1.98. The van der Waals surface area contributed by atoms with Gasteiger partial charge < -0.3 is 4.90 Å². The van der Waals surface area contributed by atoms with Crippen LogP contribution in [0.25, 0.3) is 10.6 Å². The van der Waals surface area contributed by atoms with Gasteiger partial charge >= 0.3 is 0 Å². The first-order valence-corrected chi connectivity index (χ1v) is 7.75. The molecule has 0 atom stereocenters. The number of thiazole rings is 1. The molecule has 0 bridgehead atoms. The van der Waals surface area contributed by atoms with Crippen molar-refractivity contribution in [2.45, 2.75) is 20.3 Å². The molecule has 1 amide bonds. The maximum Gasteiger partial charge on any atom is 0.228 e. The number of aromatic nitrogens is 2. The van der Waals surface area contributed by atoms with Crippen LogP contribution >= 0.6 is 11.3 Å². The van der Waals surface area contributed by atoms with Gasteiger partial charge in [0.1, 0.15) is 5.01 Å². The Labute approximate surface area is 129 Å². The zero-order chi connectivity index (χ0) is 15.2. The predicted molar refractivity (Wildman–Crippen MR) is 86.1 cm³/mol. The molecule has 2 rings (SSSR count). The molecule has 4 nitrogen and oxygen atoms in total. The van der Waals surface area contributed by atoms with Crippen molar-refractivity contribution < 1.29 is 4.79 Å². The lowest BCUT2D eigenvalue weighted by Gasteiger charge is -2.20. The third-order valence-corrected chi connectivity index (χ3v) is 3.93. The van der Waals surface area contributed by atoms with Crippen LogP contribution in [0.5, 0.6) is 0 Å². The minimum Gasteiger partial charge on any atom is -0.339 e. The molecule has 2 heterocycles. The Balaban J connectivity index is 2.05. The van der Waals surface area contributed by atoms with E-state index in [-0.39, 0.29) is 5.91 Å². The molecule has 0 radical (unpaired) electrons. The number of carbonyl (C=O) groups is 1. The van der Waals surface area contributed by atoms with Crippen LogP contribution in [0.1, 0.15) is 19.5 Å². The normalized spacial score (nSPS) is 10.4. The van der Waals surface area contributed by atoms with Gasteiger partial charge in [-0.2, -0.15) is 0 Å². The number of amides is 1. The van der Waals surface area contributed by atoms with Crippen molar-refractivity contribution in [2.24, 2.45) is 0 Å². The molecular weight excluding hydrogens is 282 g/mol. The highest BCUT2D eigenvalue weighted by Crippen LogP contribution is 2.23. The van der Waals surface area contributed by atoms with E-state index in [0.29, 0.717) is 19.5 Å². The van der Waals surface area contributed by atoms with Crippen LogP contribution in [0.2, 0.25) is 0 Å². The van der Waals surface area contributed by atoms with E-state index in [2.05, 4.69) is 16.5 Å². The second kappa shape index (κ2) is 7.13. The first-order valence-electron chi connectivity index (χ1n) is 6.87. The number of pyridine rings is 1. The molecule has 0 aromatic carbocycles. The fourth-order valence-corrected chi connectivity index (χ4v) is 2.79. The molecule has 0 saturated carbocycles. The molecule has 2 aromatic heterocycles. The summed E-state index contributed by atoms with van der Waals surface area (Å²) in [6.07, 6.45) is 3.85. The standard InChI is InChI=1S/C16H19N3OS/c1-4-19(10-12(2)3)15(20)8-14-11-21-16(18-14)13-6-5-7-17-9-13/h5-7,9,11H,2,4,8,10H2,1,3H3. The maximum atomic E-state index is 12.3. The van der Waals surface area contributed by atoms with E-state index in [4.69, 9.17) is 0 Å². The van der Waals surface area contributed by atoms with Gasteiger partial charge in [-0.05, 0) is 26.0 Å². The van der Waals surface area contributed by atoms with E-state index < -0.39 is 0 Å². The molecule has 21 heavy (non-hydrogen) atoms. The van der Waals surface area contributed by atoms with Gasteiger partial charge in [-0.25, -0.2) is 4.98 Å². The summed E-state index contributed by atoms with van der Waals surface area (Å²) in [5, 5.41) is 2.84. The van der Waals surface area contributed by atoms with E-state index in [0.717, 1.165) is 21.8 Å². The average Bonchev–Trinajstić information content (AvgIpc) is 2.94. The van der Waals surface area contributed by atoms with Gasteiger partial charge in [-0.3, -0.25) is 9.78 Å². The first-order chi connectivity index (χ1) is 10.1. The molecule has 0 aliphatic heterocycles. The maximum absolute atomic E-state index is 12.3. The highest BCUT2D eigenvalue weighted by atomic mass is 32.1. The number of hydrogen-bond acceptors (Lipinski definition) is 4. The van der Waals surface area contributed by atoms with Crippen LogP contribution in [-0.2, 0) is 11.2 Å². The number of rotatable bonds is 6. The van der Waals surface area contributed by atoms with Gasteiger partial charge in [0.15, 0.2) is 0 Å². The van der Waals surface area contributed by atoms with Gasteiger partial charge in [-0.1, -0.05) is 12.2 Å². The Bertz CT molecular complexity index is 621. The lowest BCUT2D eigenvalue weighted by atomic mass is 10.2. The minimum atomic E-state index is 0.0866. The molecule has 0 N–H and O–H groups in total. The Morgan fingerprint density at radius 1 is 1.48 bits per heavy atom. The number of nitrogens with zero attached hydrogens (tertiary/aromatic N) is 3. The zero-order valence-electron chi connectivity index (χ0n) is 12.4. The van der Waals surface area contributed by atoms with E-state index in [9.17, 15) is 4.79 Å². The van der Waals surface area contributed by atoms with Crippen molar-refractivity contribution in [1.29, 1.82) is 0 Å². The highest BCUT2D eigenvalue weighted by molar-refractivity contribution is 7.13. The molecule has 0 spiro atoms. The van der Waals surface area contributed by atoms with Crippen molar-refractivity contribution in [3.05, 3.63) is 47.8 Å². The Morgan fingerprint density at radius 3 is 2.90 bits per heavy atom. The first kappa shape index (κ1) is 15.4. The van der Waals surface area contributed by atoms with Gasteiger partial charge in [0, 0.05) is 36.4 Å². The molecule has 2 aromatic rings. The van der Waals surface area contributed by atoms with Gasteiger partial charge in [0.25, 0.3) is 0 Å². The van der Waals surface area contributed by atoms with Crippen LogP contribution in [-0.4, -0.2) is 33.9 Å². The van der Waals surface area contributed by atoms with Gasteiger partial charge in [-0.15, -0.1) is 11.3 Å². The third kappa shape index (κ3) is 4.23. The predicted octanol–water partition coefficient (Wildman–Crippen LogP) is 3.17. The Hall–Kier alpha value is -2.01.